The molecule has 0 unspecified atom stereocenters. The smallest absolute Gasteiger partial charge is 0.212 e. The molecule has 4 nitrogen and oxygen atoms in total. The minimum Gasteiger partial charge on any atom is -0.497 e. The van der Waals surface area contributed by atoms with Crippen molar-refractivity contribution in [2.24, 2.45) is 0 Å². The molecule has 0 saturated carbocycles. The topological polar surface area (TPSA) is 42.3 Å². The molecule has 2 aromatic heterocycles. The fraction of sp³-hybridized carbons (Fsp3) is 0.0625. The highest BCUT2D eigenvalue weighted by molar-refractivity contribution is 5.80. The zero-order chi connectivity index (χ0) is 13.5. The van der Waals surface area contributed by atoms with Gasteiger partial charge in [-0.1, -0.05) is 12.1 Å². The maximum atomic E-state index is 5.18. The molecule has 2 heterocycles. The normalized spacial score (nSPS) is 11.2. The van der Waals surface area contributed by atoms with Crippen molar-refractivity contribution in [1.29, 1.82) is 0 Å². The second-order valence-corrected chi connectivity index (χ2v) is 4.69. The van der Waals surface area contributed by atoms with E-state index < -0.39 is 0 Å². The van der Waals surface area contributed by atoms with Crippen LogP contribution in [0.15, 0.2) is 54.7 Å². The first kappa shape index (κ1) is 11.1. The second kappa shape index (κ2) is 4.13. The van der Waals surface area contributed by atoms with E-state index >= 15 is 0 Å². The van der Waals surface area contributed by atoms with E-state index in [1.54, 1.807) is 7.11 Å². The summed E-state index contributed by atoms with van der Waals surface area (Å²) in [6.45, 7) is 0. The van der Waals surface area contributed by atoms with Crippen LogP contribution in [0.5, 0.6) is 5.75 Å². The van der Waals surface area contributed by atoms with Gasteiger partial charge in [-0.3, -0.25) is 4.40 Å². The first-order valence-corrected chi connectivity index (χ1v) is 6.45. The average Bonchev–Trinajstić information content (AvgIpc) is 3.05. The van der Waals surface area contributed by atoms with E-state index in [0.717, 1.165) is 33.8 Å². The number of hydrogen-bond donors (Lipinski definition) is 1. The average molecular weight is 263 g/mol. The molecule has 0 bridgehead atoms. The SMILES string of the molecule is COc1ccc(-c2cn3c(nc4ccccc43)[nH]2)cc1. The van der Waals surface area contributed by atoms with Crippen LogP contribution < -0.4 is 4.74 Å². The number of ether oxygens (including phenoxy) is 1. The van der Waals surface area contributed by atoms with E-state index in [9.17, 15) is 0 Å². The van der Waals surface area contributed by atoms with Crippen molar-refractivity contribution < 1.29 is 4.74 Å². The Morgan fingerprint density at radius 2 is 1.85 bits per heavy atom. The van der Waals surface area contributed by atoms with Crippen molar-refractivity contribution in [3.05, 3.63) is 54.7 Å². The highest BCUT2D eigenvalue weighted by Gasteiger charge is 2.08. The number of fused-ring (bicyclic) bond motifs is 3. The van der Waals surface area contributed by atoms with Gasteiger partial charge in [0.25, 0.3) is 0 Å². The van der Waals surface area contributed by atoms with Crippen molar-refractivity contribution in [3.63, 3.8) is 0 Å². The van der Waals surface area contributed by atoms with E-state index in [4.69, 9.17) is 4.74 Å². The number of imidazole rings is 2. The number of nitrogens with zero attached hydrogens (tertiary/aromatic N) is 2. The molecule has 0 amide bonds. The Hall–Kier alpha value is -2.75. The van der Waals surface area contributed by atoms with Crippen LogP contribution in [-0.4, -0.2) is 21.5 Å². The number of benzene rings is 2. The summed E-state index contributed by atoms with van der Waals surface area (Å²) >= 11 is 0. The van der Waals surface area contributed by atoms with Crippen LogP contribution in [0, 0.1) is 0 Å². The number of aromatic amines is 1. The molecule has 20 heavy (non-hydrogen) atoms. The molecule has 98 valence electrons. The third-order valence-electron chi connectivity index (χ3n) is 3.50. The number of nitrogens with one attached hydrogen (secondary N) is 1. The summed E-state index contributed by atoms with van der Waals surface area (Å²) < 4.78 is 7.26. The number of rotatable bonds is 2. The lowest BCUT2D eigenvalue weighted by atomic mass is 10.2. The van der Waals surface area contributed by atoms with Crippen LogP contribution in [0.1, 0.15) is 0 Å². The Bertz CT molecular complexity index is 887. The highest BCUT2D eigenvalue weighted by atomic mass is 16.5. The largest absolute Gasteiger partial charge is 0.497 e. The van der Waals surface area contributed by atoms with Gasteiger partial charge in [0.2, 0.25) is 5.78 Å². The van der Waals surface area contributed by atoms with Crippen LogP contribution in [-0.2, 0) is 0 Å². The van der Waals surface area contributed by atoms with Gasteiger partial charge in [0.15, 0.2) is 0 Å². The van der Waals surface area contributed by atoms with Crippen molar-refractivity contribution in [3.8, 4) is 17.0 Å². The van der Waals surface area contributed by atoms with Crippen LogP contribution in [0.4, 0.5) is 0 Å². The number of para-hydroxylation sites is 2. The predicted molar refractivity (Wildman–Crippen MR) is 79.0 cm³/mol. The number of hydrogen-bond acceptors (Lipinski definition) is 2. The van der Waals surface area contributed by atoms with Crippen LogP contribution in [0.2, 0.25) is 0 Å². The molecule has 4 aromatic rings. The molecule has 0 aliphatic rings. The lowest BCUT2D eigenvalue weighted by Gasteiger charge is -2.00. The van der Waals surface area contributed by atoms with Gasteiger partial charge in [0, 0.05) is 6.20 Å². The van der Waals surface area contributed by atoms with Gasteiger partial charge in [-0.15, -0.1) is 0 Å². The molecule has 0 saturated heterocycles. The van der Waals surface area contributed by atoms with Gasteiger partial charge >= 0.3 is 0 Å². The molecule has 0 aliphatic heterocycles. The molecular formula is C16H13N3O. The molecule has 0 atom stereocenters. The van der Waals surface area contributed by atoms with Gasteiger partial charge < -0.3 is 9.72 Å². The molecule has 0 spiro atoms. The lowest BCUT2D eigenvalue weighted by Crippen LogP contribution is -1.82. The number of H-pyrrole nitrogens is 1. The van der Waals surface area contributed by atoms with Crippen molar-refractivity contribution >= 4 is 16.8 Å². The van der Waals surface area contributed by atoms with Gasteiger partial charge in [0.1, 0.15) is 5.75 Å². The third-order valence-corrected chi connectivity index (χ3v) is 3.50. The van der Waals surface area contributed by atoms with Crippen LogP contribution >= 0.6 is 0 Å². The zero-order valence-electron chi connectivity index (χ0n) is 11.0. The molecular weight excluding hydrogens is 250 g/mol. The summed E-state index contributed by atoms with van der Waals surface area (Å²) in [6, 6.07) is 16.1. The molecule has 0 radical (unpaired) electrons. The summed E-state index contributed by atoms with van der Waals surface area (Å²) in [7, 11) is 1.67. The third kappa shape index (κ3) is 1.58. The van der Waals surface area contributed by atoms with E-state index in [2.05, 4.69) is 26.6 Å². The predicted octanol–water partition coefficient (Wildman–Crippen LogP) is 3.49. The maximum Gasteiger partial charge on any atom is 0.212 e. The highest BCUT2D eigenvalue weighted by Crippen LogP contribution is 2.24. The van der Waals surface area contributed by atoms with Gasteiger partial charge in [-0.2, -0.15) is 0 Å². The minimum absolute atomic E-state index is 0.857. The fourth-order valence-electron chi connectivity index (χ4n) is 2.46. The quantitative estimate of drug-likeness (QED) is 0.601. The summed E-state index contributed by atoms with van der Waals surface area (Å²) in [6.07, 6.45) is 2.08. The standard InChI is InChI=1S/C16H13N3O/c1-20-12-8-6-11(7-9-12)14-10-19-15-5-3-2-4-13(15)17-16(19)18-14/h2-10H,1H3,(H,17,18). The van der Waals surface area contributed by atoms with E-state index in [-0.39, 0.29) is 0 Å². The first-order chi connectivity index (χ1) is 9.85. The minimum atomic E-state index is 0.857. The zero-order valence-corrected chi connectivity index (χ0v) is 11.0. The second-order valence-electron chi connectivity index (χ2n) is 4.69. The maximum absolute atomic E-state index is 5.18. The van der Waals surface area contributed by atoms with Gasteiger partial charge in [-0.05, 0) is 42.0 Å². The monoisotopic (exact) mass is 263 g/mol. The molecule has 4 heteroatoms. The fourth-order valence-corrected chi connectivity index (χ4v) is 2.46. The number of methoxy groups -OCH3 is 1. The Morgan fingerprint density at radius 1 is 1.05 bits per heavy atom. The number of aromatic nitrogens is 3. The van der Waals surface area contributed by atoms with Crippen molar-refractivity contribution in [1.82, 2.24) is 14.4 Å². The molecule has 0 fully saturated rings. The first-order valence-electron chi connectivity index (χ1n) is 6.45. The van der Waals surface area contributed by atoms with Crippen molar-refractivity contribution in [2.75, 3.05) is 7.11 Å². The molecule has 4 rings (SSSR count). The molecule has 2 aromatic carbocycles. The van der Waals surface area contributed by atoms with Crippen LogP contribution in [0.3, 0.4) is 0 Å². The Morgan fingerprint density at radius 3 is 2.65 bits per heavy atom. The van der Waals surface area contributed by atoms with E-state index in [1.165, 1.54) is 0 Å². The Balaban J connectivity index is 1.87. The summed E-state index contributed by atoms with van der Waals surface area (Å²) in [5.41, 5.74) is 4.26. The Labute approximate surface area is 115 Å². The van der Waals surface area contributed by atoms with Crippen LogP contribution in [0.25, 0.3) is 28.1 Å². The van der Waals surface area contributed by atoms with Gasteiger partial charge in [-0.25, -0.2) is 4.98 Å². The summed E-state index contributed by atoms with van der Waals surface area (Å²) in [5.74, 6) is 1.72. The molecule has 1 N–H and O–H groups in total. The lowest BCUT2D eigenvalue weighted by molar-refractivity contribution is 0.415. The van der Waals surface area contributed by atoms with E-state index in [1.807, 2.05) is 42.5 Å². The van der Waals surface area contributed by atoms with E-state index in [0.29, 0.717) is 0 Å². The van der Waals surface area contributed by atoms with Crippen molar-refractivity contribution in [2.45, 2.75) is 0 Å². The molecule has 0 aliphatic carbocycles. The summed E-state index contributed by atoms with van der Waals surface area (Å²) in [5, 5.41) is 0. The summed E-state index contributed by atoms with van der Waals surface area (Å²) in [4.78, 5) is 7.93. The van der Waals surface area contributed by atoms with Gasteiger partial charge in [0.05, 0.1) is 23.8 Å². The Kier molecular flexibility index (Phi) is 2.29.